The van der Waals surface area contributed by atoms with Gasteiger partial charge in [0.15, 0.2) is 6.23 Å². The summed E-state index contributed by atoms with van der Waals surface area (Å²) in [5.41, 5.74) is -3.71. The van der Waals surface area contributed by atoms with Gasteiger partial charge in [-0.05, 0) is 24.4 Å². The number of hydrogen-bond donors (Lipinski definition) is 4. The fraction of sp³-hybridized carbons (Fsp3) is 0.500. The molecule has 0 saturated carbocycles. The highest BCUT2D eigenvalue weighted by atomic mass is 35.5. The van der Waals surface area contributed by atoms with Gasteiger partial charge in [0, 0.05) is 17.6 Å². The molecule has 5 atom stereocenters. The van der Waals surface area contributed by atoms with Gasteiger partial charge in [-0.1, -0.05) is 0 Å². The summed E-state index contributed by atoms with van der Waals surface area (Å²) in [6.45, 7) is 1.35. The first-order chi connectivity index (χ1) is 9.81. The lowest BCUT2D eigenvalue weighted by Gasteiger charge is -2.26. The zero-order chi connectivity index (χ0) is 15.8. The van der Waals surface area contributed by atoms with Crippen LogP contribution in [0.25, 0.3) is 0 Å². The van der Waals surface area contributed by atoms with E-state index in [4.69, 9.17) is 16.3 Å². The molecular formula is C12H13ClN2O6. The van der Waals surface area contributed by atoms with E-state index in [-0.39, 0.29) is 0 Å². The van der Waals surface area contributed by atoms with Crippen molar-refractivity contribution in [3.05, 3.63) is 33.1 Å². The number of aliphatic hydroxyl groups is 3. The van der Waals surface area contributed by atoms with E-state index in [1.54, 1.807) is 0 Å². The van der Waals surface area contributed by atoms with Crippen molar-refractivity contribution >= 4 is 11.6 Å². The molecular weight excluding hydrogens is 304 g/mol. The van der Waals surface area contributed by atoms with Crippen molar-refractivity contribution in [2.75, 3.05) is 0 Å². The number of aromatic nitrogens is 2. The van der Waals surface area contributed by atoms with Gasteiger partial charge in [-0.15, -0.1) is 0 Å². The number of H-pyrrole nitrogens is 1. The van der Waals surface area contributed by atoms with E-state index in [9.17, 15) is 24.9 Å². The number of aliphatic hydroxyl groups excluding tert-OH is 2. The molecule has 1 unspecified atom stereocenters. The van der Waals surface area contributed by atoms with Crippen molar-refractivity contribution in [1.82, 2.24) is 9.55 Å². The normalized spacial score (nSPS) is 33.3. The molecule has 0 aromatic carbocycles. The third kappa shape index (κ3) is 2.62. The van der Waals surface area contributed by atoms with Crippen molar-refractivity contribution < 1.29 is 20.1 Å². The van der Waals surface area contributed by atoms with Crippen molar-refractivity contribution in [2.45, 2.75) is 37.1 Å². The molecule has 1 aromatic heterocycles. The molecule has 0 amide bonds. The summed E-state index contributed by atoms with van der Waals surface area (Å²) in [6.07, 6.45) is -4.28. The van der Waals surface area contributed by atoms with Crippen LogP contribution in [0.15, 0.2) is 21.9 Å². The summed E-state index contributed by atoms with van der Waals surface area (Å²) in [4.78, 5) is 24.9. The minimum Gasteiger partial charge on any atom is -0.391 e. The molecule has 1 fully saturated rings. The zero-order valence-electron chi connectivity index (χ0n) is 10.9. The van der Waals surface area contributed by atoms with Gasteiger partial charge in [0.1, 0.15) is 12.2 Å². The first-order valence-electron chi connectivity index (χ1n) is 5.99. The third-order valence-corrected chi connectivity index (χ3v) is 3.35. The van der Waals surface area contributed by atoms with Crippen LogP contribution in [-0.4, -0.2) is 48.8 Å². The highest BCUT2D eigenvalue weighted by Crippen LogP contribution is 2.38. The Hall–Kier alpha value is -1.63. The molecule has 0 aliphatic carbocycles. The lowest BCUT2D eigenvalue weighted by atomic mass is 9.93. The zero-order valence-corrected chi connectivity index (χ0v) is 11.6. The van der Waals surface area contributed by atoms with Crippen LogP contribution in [0.5, 0.6) is 0 Å². The average Bonchev–Trinajstić information content (AvgIpc) is 2.64. The van der Waals surface area contributed by atoms with Gasteiger partial charge in [0.2, 0.25) is 5.60 Å². The van der Waals surface area contributed by atoms with Crippen LogP contribution in [0.1, 0.15) is 13.2 Å². The van der Waals surface area contributed by atoms with Crippen LogP contribution in [0.2, 0.25) is 0 Å². The Balaban J connectivity index is 2.56. The second-order valence-corrected chi connectivity index (χ2v) is 4.89. The molecule has 1 aliphatic heterocycles. The minimum atomic E-state index is -2.22. The fourth-order valence-corrected chi connectivity index (χ4v) is 2.35. The number of nitrogens with zero attached hydrogens (tertiary/aromatic N) is 1. The van der Waals surface area contributed by atoms with Crippen LogP contribution in [0.4, 0.5) is 0 Å². The molecule has 2 rings (SSSR count). The molecule has 114 valence electrons. The number of ether oxygens (including phenoxy) is 1. The van der Waals surface area contributed by atoms with Crippen molar-refractivity contribution in [1.29, 1.82) is 0 Å². The van der Waals surface area contributed by atoms with Gasteiger partial charge in [-0.3, -0.25) is 14.3 Å². The van der Waals surface area contributed by atoms with Crippen molar-refractivity contribution in [3.63, 3.8) is 0 Å². The fourth-order valence-electron chi connectivity index (χ4n) is 2.20. The number of halogens is 1. The van der Waals surface area contributed by atoms with Crippen molar-refractivity contribution in [2.24, 2.45) is 0 Å². The van der Waals surface area contributed by atoms with Crippen molar-refractivity contribution in [3.8, 4) is 11.3 Å². The van der Waals surface area contributed by atoms with Crippen LogP contribution in [-0.2, 0) is 4.74 Å². The second-order valence-electron chi connectivity index (χ2n) is 4.70. The van der Waals surface area contributed by atoms with E-state index in [2.05, 4.69) is 5.92 Å². The highest BCUT2D eigenvalue weighted by molar-refractivity contribution is 6.30. The molecule has 1 aliphatic rings. The quantitative estimate of drug-likeness (QED) is 0.473. The Morgan fingerprint density at radius 1 is 1.57 bits per heavy atom. The molecule has 1 aromatic rings. The van der Waals surface area contributed by atoms with E-state index in [0.717, 1.165) is 16.8 Å². The van der Waals surface area contributed by atoms with Crippen LogP contribution in [0.3, 0.4) is 0 Å². The summed E-state index contributed by atoms with van der Waals surface area (Å²) in [5.74, 6) is 2.18. The number of rotatable bonds is 2. The van der Waals surface area contributed by atoms with Gasteiger partial charge < -0.3 is 20.1 Å². The SMILES string of the molecule is CC(O)[C@H]1O[C@@H](n2ccc(=O)[nH]c2=O)[C@@](O)(C#CCl)[C@@H]1O. The number of hydrogen-bond acceptors (Lipinski definition) is 6. The number of aromatic amines is 1. The smallest absolute Gasteiger partial charge is 0.330 e. The summed E-state index contributed by atoms with van der Waals surface area (Å²) >= 11 is 5.29. The molecule has 0 bridgehead atoms. The highest BCUT2D eigenvalue weighted by Gasteiger charge is 2.57. The maximum atomic E-state index is 11.8. The van der Waals surface area contributed by atoms with Gasteiger partial charge >= 0.3 is 5.69 Å². The number of nitrogens with one attached hydrogen (secondary N) is 1. The largest absolute Gasteiger partial charge is 0.391 e. The second kappa shape index (κ2) is 5.63. The summed E-state index contributed by atoms with van der Waals surface area (Å²) in [6, 6.07) is 1.04. The Bertz CT molecular complexity index is 702. The van der Waals surface area contributed by atoms with E-state index >= 15 is 0 Å². The van der Waals surface area contributed by atoms with Crippen LogP contribution >= 0.6 is 11.6 Å². The Labute approximate surface area is 123 Å². The lowest BCUT2D eigenvalue weighted by molar-refractivity contribution is -0.0884. The van der Waals surface area contributed by atoms with Crippen LogP contribution < -0.4 is 11.2 Å². The summed E-state index contributed by atoms with van der Waals surface area (Å²) in [7, 11) is 0. The Morgan fingerprint density at radius 2 is 2.24 bits per heavy atom. The maximum Gasteiger partial charge on any atom is 0.330 e. The molecule has 9 heteroatoms. The van der Waals surface area contributed by atoms with E-state index in [1.165, 1.54) is 6.92 Å². The maximum absolute atomic E-state index is 11.8. The van der Waals surface area contributed by atoms with Gasteiger partial charge in [0.05, 0.1) is 6.10 Å². The van der Waals surface area contributed by atoms with E-state index in [0.29, 0.717) is 0 Å². The predicted octanol–water partition coefficient (Wildman–Crippen LogP) is -1.89. The lowest BCUT2D eigenvalue weighted by Crippen LogP contribution is -2.49. The Kier molecular flexibility index (Phi) is 4.22. The monoisotopic (exact) mass is 316 g/mol. The topological polar surface area (TPSA) is 125 Å². The molecule has 0 spiro atoms. The van der Waals surface area contributed by atoms with Gasteiger partial charge in [-0.2, -0.15) is 0 Å². The molecule has 21 heavy (non-hydrogen) atoms. The standard InChI is InChI=1S/C12H13ClN2O6/c1-6(16)8-9(18)12(20,3-4-13)10(21-8)15-5-2-7(17)14-11(15)19/h2,5-6,8-10,16,18,20H,1H3,(H,14,17,19)/t6?,8-,9-,10-,12-/m1/s1. The first-order valence-corrected chi connectivity index (χ1v) is 6.37. The van der Waals surface area contributed by atoms with Crippen LogP contribution in [0, 0.1) is 11.3 Å². The average molecular weight is 317 g/mol. The molecule has 8 nitrogen and oxygen atoms in total. The predicted molar refractivity (Wildman–Crippen MR) is 71.5 cm³/mol. The molecule has 2 heterocycles. The van der Waals surface area contributed by atoms with Gasteiger partial charge in [-0.25, -0.2) is 4.79 Å². The van der Waals surface area contributed by atoms with E-state index < -0.39 is 41.4 Å². The first kappa shape index (κ1) is 15.8. The third-order valence-electron chi connectivity index (χ3n) is 3.25. The summed E-state index contributed by atoms with van der Waals surface area (Å²) < 4.78 is 6.20. The molecule has 4 N–H and O–H groups in total. The molecule has 1 saturated heterocycles. The van der Waals surface area contributed by atoms with E-state index in [1.807, 2.05) is 10.4 Å². The minimum absolute atomic E-state index is 0.631. The van der Waals surface area contributed by atoms with Gasteiger partial charge in [0.25, 0.3) is 5.56 Å². The summed E-state index contributed by atoms with van der Waals surface area (Å²) in [5, 5.41) is 32.1. The Morgan fingerprint density at radius 3 is 2.76 bits per heavy atom. The molecule has 0 radical (unpaired) electrons.